The first-order valence-corrected chi connectivity index (χ1v) is 11.7. The molecule has 0 aliphatic heterocycles. The largest absolute Gasteiger partial charge is 0.350 e. The van der Waals surface area contributed by atoms with E-state index in [1.165, 1.54) is 11.1 Å². The van der Waals surface area contributed by atoms with Crippen molar-refractivity contribution in [2.45, 2.75) is 57.9 Å². The SMILES string of the molecule is CC[C@H](C(=O)NC(C)(C)C)N(CCc1ccccc1)C(=O)CSCc1ccccc1. The Kier molecular flexibility index (Phi) is 9.44. The fourth-order valence-electron chi connectivity index (χ4n) is 3.26. The van der Waals surface area contributed by atoms with E-state index in [9.17, 15) is 9.59 Å². The van der Waals surface area contributed by atoms with Crippen LogP contribution in [0.25, 0.3) is 0 Å². The molecule has 1 atom stereocenters. The molecule has 0 fully saturated rings. The van der Waals surface area contributed by atoms with Crippen molar-refractivity contribution in [3.63, 3.8) is 0 Å². The summed E-state index contributed by atoms with van der Waals surface area (Å²) in [4.78, 5) is 27.9. The normalized spacial score (nSPS) is 12.3. The number of rotatable bonds is 10. The second-order valence-electron chi connectivity index (χ2n) is 8.46. The third-order valence-corrected chi connectivity index (χ3v) is 5.69. The quantitative estimate of drug-likeness (QED) is 0.600. The molecule has 2 aromatic rings. The smallest absolute Gasteiger partial charge is 0.243 e. The third-order valence-electron chi connectivity index (χ3n) is 4.71. The monoisotopic (exact) mass is 426 g/mol. The Morgan fingerprint density at radius 2 is 1.53 bits per heavy atom. The molecule has 0 aliphatic carbocycles. The fourth-order valence-corrected chi connectivity index (χ4v) is 4.13. The van der Waals surface area contributed by atoms with Crippen molar-refractivity contribution >= 4 is 23.6 Å². The van der Waals surface area contributed by atoms with Crippen LogP contribution in [0.3, 0.4) is 0 Å². The van der Waals surface area contributed by atoms with Crippen LogP contribution in [-0.4, -0.2) is 40.6 Å². The first-order valence-electron chi connectivity index (χ1n) is 10.6. The standard InChI is InChI=1S/C25H34N2O2S/c1-5-22(24(29)26-25(2,3)4)27(17-16-20-12-8-6-9-13-20)23(28)19-30-18-21-14-10-7-11-15-21/h6-15,22H,5,16-19H2,1-4H3,(H,26,29)/t22-/m1/s1. The summed E-state index contributed by atoms with van der Waals surface area (Å²) in [5, 5.41) is 3.05. The van der Waals surface area contributed by atoms with Crippen LogP contribution in [0.4, 0.5) is 0 Å². The molecular formula is C25H34N2O2S. The summed E-state index contributed by atoms with van der Waals surface area (Å²) in [7, 11) is 0. The van der Waals surface area contributed by atoms with Crippen molar-refractivity contribution in [1.82, 2.24) is 10.2 Å². The first kappa shape index (κ1) is 24.0. The average Bonchev–Trinajstić information content (AvgIpc) is 2.71. The summed E-state index contributed by atoms with van der Waals surface area (Å²) < 4.78 is 0. The lowest BCUT2D eigenvalue weighted by Crippen LogP contribution is -2.54. The van der Waals surface area contributed by atoms with Crippen LogP contribution in [0.5, 0.6) is 0 Å². The van der Waals surface area contributed by atoms with E-state index in [2.05, 4.69) is 29.6 Å². The predicted molar refractivity (Wildman–Crippen MR) is 126 cm³/mol. The Bertz CT molecular complexity index is 788. The van der Waals surface area contributed by atoms with E-state index in [0.717, 1.165) is 12.2 Å². The van der Waals surface area contributed by atoms with E-state index in [1.807, 2.05) is 64.1 Å². The second kappa shape index (κ2) is 11.8. The highest BCUT2D eigenvalue weighted by Crippen LogP contribution is 2.16. The number of hydrogen-bond acceptors (Lipinski definition) is 3. The van der Waals surface area contributed by atoms with Gasteiger partial charge in [0, 0.05) is 17.8 Å². The van der Waals surface area contributed by atoms with Crippen molar-refractivity contribution in [1.29, 1.82) is 0 Å². The second-order valence-corrected chi connectivity index (χ2v) is 9.45. The van der Waals surface area contributed by atoms with Gasteiger partial charge in [-0.15, -0.1) is 11.8 Å². The van der Waals surface area contributed by atoms with Crippen molar-refractivity contribution in [2.24, 2.45) is 0 Å². The third kappa shape index (κ3) is 8.23. The van der Waals surface area contributed by atoms with Crippen molar-refractivity contribution in [3.8, 4) is 0 Å². The lowest BCUT2D eigenvalue weighted by Gasteiger charge is -2.33. The highest BCUT2D eigenvalue weighted by Gasteiger charge is 2.30. The summed E-state index contributed by atoms with van der Waals surface area (Å²) in [6.07, 6.45) is 1.32. The number of amides is 2. The van der Waals surface area contributed by atoms with Gasteiger partial charge in [-0.2, -0.15) is 0 Å². The number of hydrogen-bond donors (Lipinski definition) is 1. The van der Waals surface area contributed by atoms with E-state index >= 15 is 0 Å². The molecular weight excluding hydrogens is 392 g/mol. The first-order chi connectivity index (χ1) is 14.3. The van der Waals surface area contributed by atoms with Crippen molar-refractivity contribution < 1.29 is 9.59 Å². The molecule has 0 aromatic heterocycles. The molecule has 30 heavy (non-hydrogen) atoms. The lowest BCUT2D eigenvalue weighted by molar-refractivity contribution is -0.139. The maximum Gasteiger partial charge on any atom is 0.243 e. The maximum absolute atomic E-state index is 13.2. The van der Waals surface area contributed by atoms with Gasteiger partial charge < -0.3 is 10.2 Å². The minimum Gasteiger partial charge on any atom is -0.350 e. The Morgan fingerprint density at radius 3 is 2.07 bits per heavy atom. The molecule has 0 bridgehead atoms. The van der Waals surface area contributed by atoms with Crippen LogP contribution >= 0.6 is 11.8 Å². The molecule has 0 aliphatic rings. The molecule has 0 heterocycles. The number of thioether (sulfide) groups is 1. The number of carbonyl (C=O) groups is 2. The zero-order valence-electron chi connectivity index (χ0n) is 18.6. The molecule has 0 radical (unpaired) electrons. The van der Waals surface area contributed by atoms with Crippen molar-refractivity contribution in [2.75, 3.05) is 12.3 Å². The van der Waals surface area contributed by atoms with Crippen LogP contribution in [0.15, 0.2) is 60.7 Å². The average molecular weight is 427 g/mol. The van der Waals surface area contributed by atoms with Gasteiger partial charge in [0.1, 0.15) is 6.04 Å². The zero-order valence-corrected chi connectivity index (χ0v) is 19.4. The fraction of sp³-hybridized carbons (Fsp3) is 0.440. The lowest BCUT2D eigenvalue weighted by atomic mass is 10.1. The number of nitrogens with one attached hydrogen (secondary N) is 1. The Balaban J connectivity index is 2.07. The molecule has 2 amide bonds. The molecule has 1 N–H and O–H groups in total. The Hall–Kier alpha value is -2.27. The van der Waals surface area contributed by atoms with E-state index < -0.39 is 6.04 Å². The van der Waals surface area contributed by atoms with E-state index in [0.29, 0.717) is 18.7 Å². The number of carbonyl (C=O) groups excluding carboxylic acids is 2. The van der Waals surface area contributed by atoms with Gasteiger partial charge in [0.05, 0.1) is 5.75 Å². The van der Waals surface area contributed by atoms with Gasteiger partial charge in [0.15, 0.2) is 0 Å². The molecule has 0 spiro atoms. The van der Waals surface area contributed by atoms with Crippen LogP contribution in [0.1, 0.15) is 45.2 Å². The Labute approximate surface area is 185 Å². The summed E-state index contributed by atoms with van der Waals surface area (Å²) in [5.74, 6) is 1.08. The van der Waals surface area contributed by atoms with E-state index in [-0.39, 0.29) is 17.4 Å². The van der Waals surface area contributed by atoms with Gasteiger partial charge in [0.2, 0.25) is 11.8 Å². The highest BCUT2D eigenvalue weighted by molar-refractivity contribution is 7.99. The van der Waals surface area contributed by atoms with Crippen LogP contribution < -0.4 is 5.32 Å². The van der Waals surface area contributed by atoms with Crippen LogP contribution in [-0.2, 0) is 21.8 Å². The molecule has 0 saturated heterocycles. The summed E-state index contributed by atoms with van der Waals surface area (Å²) in [6, 6.07) is 19.8. The van der Waals surface area contributed by atoms with Gasteiger partial charge in [-0.25, -0.2) is 0 Å². The van der Waals surface area contributed by atoms with E-state index in [4.69, 9.17) is 0 Å². The Morgan fingerprint density at radius 1 is 0.967 bits per heavy atom. The zero-order chi connectivity index (χ0) is 22.0. The van der Waals surface area contributed by atoms with Gasteiger partial charge in [-0.05, 0) is 44.7 Å². The molecule has 162 valence electrons. The van der Waals surface area contributed by atoms with Gasteiger partial charge in [0.25, 0.3) is 0 Å². The summed E-state index contributed by atoms with van der Waals surface area (Å²) in [6.45, 7) is 8.38. The van der Waals surface area contributed by atoms with Gasteiger partial charge in [-0.1, -0.05) is 67.6 Å². The molecule has 4 nitrogen and oxygen atoms in total. The highest BCUT2D eigenvalue weighted by atomic mass is 32.2. The molecule has 2 aromatic carbocycles. The summed E-state index contributed by atoms with van der Waals surface area (Å²) in [5.41, 5.74) is 2.03. The van der Waals surface area contributed by atoms with Crippen LogP contribution in [0.2, 0.25) is 0 Å². The van der Waals surface area contributed by atoms with Gasteiger partial charge in [-0.3, -0.25) is 9.59 Å². The number of nitrogens with zero attached hydrogens (tertiary/aromatic N) is 1. The minimum absolute atomic E-state index is 0.0165. The minimum atomic E-state index is -0.460. The molecule has 5 heteroatoms. The maximum atomic E-state index is 13.2. The summed E-state index contributed by atoms with van der Waals surface area (Å²) >= 11 is 1.59. The van der Waals surface area contributed by atoms with E-state index in [1.54, 1.807) is 16.7 Å². The van der Waals surface area contributed by atoms with Crippen molar-refractivity contribution in [3.05, 3.63) is 71.8 Å². The molecule has 0 unspecified atom stereocenters. The molecule has 2 rings (SSSR count). The van der Waals surface area contributed by atoms with Gasteiger partial charge >= 0.3 is 0 Å². The predicted octanol–water partition coefficient (Wildman–Crippen LogP) is 4.68. The number of benzene rings is 2. The topological polar surface area (TPSA) is 49.4 Å². The molecule has 0 saturated carbocycles. The van der Waals surface area contributed by atoms with Crippen LogP contribution in [0, 0.1) is 0 Å².